The summed E-state index contributed by atoms with van der Waals surface area (Å²) in [7, 11) is 1.62. The minimum absolute atomic E-state index is 0.00899. The van der Waals surface area contributed by atoms with Gasteiger partial charge >= 0.3 is 0 Å². The lowest BCUT2D eigenvalue weighted by molar-refractivity contribution is -0.122. The first-order valence-corrected chi connectivity index (χ1v) is 15.8. The molecule has 41 heavy (non-hydrogen) atoms. The first-order valence-electron chi connectivity index (χ1n) is 14.2. The number of anilines is 1. The fourth-order valence-corrected chi connectivity index (χ4v) is 7.05. The van der Waals surface area contributed by atoms with Gasteiger partial charge in [-0.3, -0.25) is 14.5 Å². The highest BCUT2D eigenvalue weighted by Gasteiger charge is 2.30. The lowest BCUT2D eigenvalue weighted by Crippen LogP contribution is -2.43. The first-order chi connectivity index (χ1) is 20.0. The Morgan fingerprint density at radius 1 is 1.07 bits per heavy atom. The molecule has 8 heteroatoms. The molecule has 3 aromatic rings. The molecule has 2 aliphatic heterocycles. The second-order valence-electron chi connectivity index (χ2n) is 10.5. The summed E-state index contributed by atoms with van der Waals surface area (Å²) < 4.78 is 6.14. The van der Waals surface area contributed by atoms with Crippen molar-refractivity contribution in [3.63, 3.8) is 0 Å². The van der Waals surface area contributed by atoms with Crippen molar-refractivity contribution in [1.82, 2.24) is 10.2 Å². The number of piperidine rings is 1. The van der Waals surface area contributed by atoms with Crippen LogP contribution in [-0.2, 0) is 16.0 Å². The minimum atomic E-state index is -0.172. The molecule has 1 fully saturated rings. The van der Waals surface area contributed by atoms with Crippen LogP contribution in [0.2, 0.25) is 0 Å². The number of thioether (sulfide) groups is 1. The van der Waals surface area contributed by atoms with E-state index in [1.165, 1.54) is 30.2 Å². The van der Waals surface area contributed by atoms with Crippen LogP contribution in [0.3, 0.4) is 0 Å². The van der Waals surface area contributed by atoms with Crippen LogP contribution in [0.5, 0.6) is 5.75 Å². The summed E-state index contributed by atoms with van der Waals surface area (Å²) in [5.41, 5.74) is 3.07. The standard InChI is InChI=1S/C33H36BrN3O3S/c1-40-29-13-12-26(21-27(29)34)22-31-33(39)37(28-10-5-6-11-30(28)41-31)23-32(38)35-16-7-17-36-18-14-25(15-19-36)20-24-8-3-2-4-9-24/h2-6,8-13,21-22,25H,7,14-20,23H2,1H3,(H,35,38)/b31-22+. The molecule has 6 nitrogen and oxygen atoms in total. The summed E-state index contributed by atoms with van der Waals surface area (Å²) in [4.78, 5) is 32.1. The number of hydrogen-bond acceptors (Lipinski definition) is 5. The molecular formula is C33H36BrN3O3S. The number of para-hydroxylation sites is 1. The topological polar surface area (TPSA) is 61.9 Å². The largest absolute Gasteiger partial charge is 0.496 e. The third-order valence-corrected chi connectivity index (χ3v) is 9.35. The summed E-state index contributed by atoms with van der Waals surface area (Å²) in [6.07, 6.45) is 6.36. The van der Waals surface area contributed by atoms with E-state index < -0.39 is 0 Å². The predicted molar refractivity (Wildman–Crippen MR) is 170 cm³/mol. The molecule has 0 spiro atoms. The van der Waals surface area contributed by atoms with Crippen LogP contribution < -0.4 is 15.0 Å². The van der Waals surface area contributed by atoms with Gasteiger partial charge in [0, 0.05) is 11.4 Å². The number of carbonyl (C=O) groups is 2. The van der Waals surface area contributed by atoms with Crippen LogP contribution in [0.1, 0.15) is 30.4 Å². The molecule has 0 radical (unpaired) electrons. The molecule has 1 N–H and O–H groups in total. The van der Waals surface area contributed by atoms with Crippen molar-refractivity contribution in [1.29, 1.82) is 0 Å². The molecule has 0 unspecified atom stereocenters. The van der Waals surface area contributed by atoms with Crippen LogP contribution >= 0.6 is 27.7 Å². The number of amides is 2. The van der Waals surface area contributed by atoms with Gasteiger partial charge in [0.15, 0.2) is 0 Å². The number of benzene rings is 3. The summed E-state index contributed by atoms with van der Waals surface area (Å²) in [5.74, 6) is 1.16. The molecule has 1 saturated heterocycles. The van der Waals surface area contributed by atoms with Gasteiger partial charge in [0.2, 0.25) is 5.91 Å². The second kappa shape index (κ2) is 14.2. The molecule has 0 aliphatic carbocycles. The number of hydrogen-bond donors (Lipinski definition) is 1. The van der Waals surface area contributed by atoms with E-state index in [2.05, 4.69) is 56.5 Å². The zero-order chi connectivity index (χ0) is 28.6. The summed E-state index contributed by atoms with van der Waals surface area (Å²) in [5, 5.41) is 3.04. The third kappa shape index (κ3) is 7.82. The Kier molecular flexibility index (Phi) is 10.2. The Balaban J connectivity index is 1.12. The van der Waals surface area contributed by atoms with E-state index in [0.717, 1.165) is 64.8 Å². The fraction of sp³-hybridized carbons (Fsp3) is 0.333. The number of nitrogens with zero attached hydrogens (tertiary/aromatic N) is 2. The number of likely N-dealkylation sites (tertiary alicyclic amines) is 1. The van der Waals surface area contributed by atoms with Crippen molar-refractivity contribution in [2.24, 2.45) is 5.92 Å². The molecule has 2 aliphatic rings. The Bertz CT molecular complexity index is 1390. The molecule has 3 aromatic carbocycles. The van der Waals surface area contributed by atoms with Crippen LogP contribution in [0, 0.1) is 5.92 Å². The van der Waals surface area contributed by atoms with Crippen molar-refractivity contribution < 1.29 is 14.3 Å². The number of halogens is 1. The van der Waals surface area contributed by atoms with Crippen LogP contribution in [0.4, 0.5) is 5.69 Å². The van der Waals surface area contributed by atoms with Gasteiger partial charge in [-0.15, -0.1) is 0 Å². The normalized spacial score (nSPS) is 17.0. The van der Waals surface area contributed by atoms with Gasteiger partial charge in [0.1, 0.15) is 12.3 Å². The van der Waals surface area contributed by atoms with Crippen molar-refractivity contribution in [2.45, 2.75) is 30.6 Å². The molecular weight excluding hydrogens is 598 g/mol. The monoisotopic (exact) mass is 633 g/mol. The van der Waals surface area contributed by atoms with Crippen LogP contribution in [0.25, 0.3) is 6.08 Å². The molecule has 0 saturated carbocycles. The molecule has 214 valence electrons. The number of fused-ring (bicyclic) bond motifs is 1. The van der Waals surface area contributed by atoms with Crippen molar-refractivity contribution in [3.05, 3.63) is 93.3 Å². The van der Waals surface area contributed by atoms with Crippen molar-refractivity contribution in [3.8, 4) is 5.75 Å². The average Bonchev–Trinajstić information content (AvgIpc) is 2.99. The van der Waals surface area contributed by atoms with Gasteiger partial charge in [-0.05, 0) is 109 Å². The maximum absolute atomic E-state index is 13.5. The van der Waals surface area contributed by atoms with E-state index in [1.54, 1.807) is 12.0 Å². The lowest BCUT2D eigenvalue weighted by Gasteiger charge is -2.32. The first kappa shape index (κ1) is 29.4. The zero-order valence-electron chi connectivity index (χ0n) is 23.4. The second-order valence-corrected chi connectivity index (χ2v) is 12.5. The van der Waals surface area contributed by atoms with E-state index in [1.807, 2.05) is 48.5 Å². The Morgan fingerprint density at radius 2 is 1.83 bits per heavy atom. The number of carbonyl (C=O) groups excluding carboxylic acids is 2. The zero-order valence-corrected chi connectivity index (χ0v) is 25.8. The van der Waals surface area contributed by atoms with Gasteiger partial charge in [-0.25, -0.2) is 0 Å². The molecule has 0 aromatic heterocycles. The lowest BCUT2D eigenvalue weighted by atomic mass is 9.90. The van der Waals surface area contributed by atoms with Gasteiger partial charge < -0.3 is 15.0 Å². The highest BCUT2D eigenvalue weighted by Crippen LogP contribution is 2.42. The number of methoxy groups -OCH3 is 1. The average molecular weight is 635 g/mol. The Morgan fingerprint density at radius 3 is 2.59 bits per heavy atom. The summed E-state index contributed by atoms with van der Waals surface area (Å²) in [6, 6.07) is 24.2. The number of rotatable bonds is 10. The van der Waals surface area contributed by atoms with Gasteiger partial charge in [-0.1, -0.05) is 60.3 Å². The summed E-state index contributed by atoms with van der Waals surface area (Å²) in [6.45, 7) is 3.80. The highest BCUT2D eigenvalue weighted by molar-refractivity contribution is 9.10. The number of nitrogens with one attached hydrogen (secondary N) is 1. The number of ether oxygens (including phenoxy) is 1. The quantitative estimate of drug-likeness (QED) is 0.207. The van der Waals surface area contributed by atoms with Crippen LogP contribution in [-0.4, -0.2) is 56.5 Å². The van der Waals surface area contributed by atoms with Gasteiger partial charge in [0.25, 0.3) is 5.91 Å². The smallest absolute Gasteiger partial charge is 0.265 e. The minimum Gasteiger partial charge on any atom is -0.496 e. The Hall–Kier alpha value is -3.07. The maximum Gasteiger partial charge on any atom is 0.265 e. The highest BCUT2D eigenvalue weighted by atomic mass is 79.9. The van der Waals surface area contributed by atoms with Crippen molar-refractivity contribution >= 4 is 51.3 Å². The van der Waals surface area contributed by atoms with E-state index in [9.17, 15) is 9.59 Å². The molecule has 5 rings (SSSR count). The molecule has 2 heterocycles. The van der Waals surface area contributed by atoms with Crippen molar-refractivity contribution in [2.75, 3.05) is 44.7 Å². The summed E-state index contributed by atoms with van der Waals surface area (Å²) >= 11 is 4.95. The van der Waals surface area contributed by atoms with Gasteiger partial charge in [0.05, 0.1) is 22.2 Å². The predicted octanol–water partition coefficient (Wildman–Crippen LogP) is 6.40. The third-order valence-electron chi connectivity index (χ3n) is 7.65. The van der Waals surface area contributed by atoms with E-state index in [-0.39, 0.29) is 18.4 Å². The Labute approximate surface area is 255 Å². The van der Waals surface area contributed by atoms with E-state index in [0.29, 0.717) is 11.4 Å². The molecule has 2 amide bonds. The van der Waals surface area contributed by atoms with Gasteiger partial charge in [-0.2, -0.15) is 0 Å². The molecule has 0 atom stereocenters. The fourth-order valence-electron chi connectivity index (χ4n) is 5.43. The molecule has 0 bridgehead atoms. The SMILES string of the molecule is COc1ccc(/C=C2/Sc3ccccc3N(CC(=O)NCCCN3CCC(Cc4ccccc4)CC3)C2=O)cc1Br. The van der Waals surface area contributed by atoms with E-state index in [4.69, 9.17) is 4.74 Å². The van der Waals surface area contributed by atoms with E-state index >= 15 is 0 Å². The van der Waals surface area contributed by atoms with Crippen LogP contribution in [0.15, 0.2) is 87.1 Å². The maximum atomic E-state index is 13.5.